The van der Waals surface area contributed by atoms with Gasteiger partial charge < -0.3 is 0 Å². The van der Waals surface area contributed by atoms with Crippen LogP contribution < -0.4 is 0 Å². The molecule has 0 aliphatic carbocycles. The van der Waals surface area contributed by atoms with E-state index in [0.29, 0.717) is 0 Å². The van der Waals surface area contributed by atoms with Crippen molar-refractivity contribution in [3.63, 3.8) is 0 Å². The van der Waals surface area contributed by atoms with E-state index < -0.39 is 0 Å². The Kier molecular flexibility index (Phi) is 4.27. The first-order valence-corrected chi connectivity index (χ1v) is 13.4. The highest BCUT2D eigenvalue weighted by molar-refractivity contribution is 6.20. The topological polar surface area (TPSA) is 48.0 Å². The lowest BCUT2D eigenvalue weighted by Crippen LogP contribution is -1.99. The Morgan fingerprint density at radius 1 is 0.450 bits per heavy atom. The quantitative estimate of drug-likeness (QED) is 0.219. The molecule has 0 aliphatic rings. The molecule has 0 amide bonds. The van der Waals surface area contributed by atoms with Crippen molar-refractivity contribution in [3.05, 3.63) is 128 Å². The average molecular weight is 512 g/mol. The minimum absolute atomic E-state index is 0.836. The molecule has 5 aromatic heterocycles. The monoisotopic (exact) mass is 511 g/mol. The van der Waals surface area contributed by atoms with Crippen molar-refractivity contribution in [2.45, 2.75) is 0 Å². The number of pyridine rings is 3. The van der Waals surface area contributed by atoms with Crippen molar-refractivity contribution >= 4 is 60.2 Å². The van der Waals surface area contributed by atoms with Crippen molar-refractivity contribution in [2.75, 3.05) is 0 Å². The number of benzene rings is 4. The molecule has 0 spiro atoms. The van der Waals surface area contributed by atoms with Crippen LogP contribution in [-0.2, 0) is 0 Å². The SMILES string of the molecule is c1ccc(-c2cccc(-n3c4ccccc4c4ccc5c(nc6c7ccccc7c7ccccc7n56)c43)n2)nc1. The third kappa shape index (κ3) is 2.83. The molecule has 9 rings (SSSR count). The van der Waals surface area contributed by atoms with Gasteiger partial charge in [0.05, 0.1) is 33.5 Å². The molecular formula is C35H21N5. The van der Waals surface area contributed by atoms with E-state index in [9.17, 15) is 0 Å². The van der Waals surface area contributed by atoms with Gasteiger partial charge in [0, 0.05) is 27.7 Å². The van der Waals surface area contributed by atoms with E-state index in [1.54, 1.807) is 6.20 Å². The fraction of sp³-hybridized carbons (Fsp3) is 0. The molecule has 0 N–H and O–H groups in total. The van der Waals surface area contributed by atoms with E-state index in [2.05, 4.69) is 111 Å². The molecule has 40 heavy (non-hydrogen) atoms. The lowest BCUT2D eigenvalue weighted by Gasteiger charge is -2.09. The van der Waals surface area contributed by atoms with Gasteiger partial charge in [-0.2, -0.15) is 0 Å². The maximum absolute atomic E-state index is 5.39. The first-order chi connectivity index (χ1) is 19.9. The number of fused-ring (bicyclic) bond motifs is 12. The molecule has 0 saturated carbocycles. The van der Waals surface area contributed by atoms with Gasteiger partial charge in [-0.3, -0.25) is 14.0 Å². The van der Waals surface area contributed by atoms with Crippen LogP contribution in [0.1, 0.15) is 0 Å². The van der Waals surface area contributed by atoms with Gasteiger partial charge in [0.25, 0.3) is 0 Å². The van der Waals surface area contributed by atoms with E-state index in [4.69, 9.17) is 9.97 Å². The van der Waals surface area contributed by atoms with E-state index in [1.807, 2.05) is 24.3 Å². The minimum atomic E-state index is 0.836. The van der Waals surface area contributed by atoms with Crippen LogP contribution in [-0.4, -0.2) is 23.9 Å². The van der Waals surface area contributed by atoms with Crippen LogP contribution in [0.5, 0.6) is 0 Å². The number of aromatic nitrogens is 5. The third-order valence-corrected chi connectivity index (χ3v) is 7.95. The largest absolute Gasteiger partial charge is 0.292 e. The lowest BCUT2D eigenvalue weighted by molar-refractivity contribution is 1.08. The second-order valence-electron chi connectivity index (χ2n) is 10.1. The summed E-state index contributed by atoms with van der Waals surface area (Å²) < 4.78 is 4.57. The van der Waals surface area contributed by atoms with E-state index in [-0.39, 0.29) is 0 Å². The molecule has 186 valence electrons. The van der Waals surface area contributed by atoms with Gasteiger partial charge in [-0.15, -0.1) is 0 Å². The maximum Gasteiger partial charge on any atom is 0.146 e. The summed E-state index contributed by atoms with van der Waals surface area (Å²) in [4.78, 5) is 15.0. The molecule has 4 aromatic carbocycles. The van der Waals surface area contributed by atoms with Crippen molar-refractivity contribution in [3.8, 4) is 17.2 Å². The zero-order valence-corrected chi connectivity index (χ0v) is 21.4. The smallest absolute Gasteiger partial charge is 0.146 e. The molecule has 9 aromatic rings. The summed E-state index contributed by atoms with van der Waals surface area (Å²) in [5.41, 5.74) is 7.99. The van der Waals surface area contributed by atoms with Crippen molar-refractivity contribution < 1.29 is 0 Å². The number of para-hydroxylation sites is 2. The Labute approximate surface area is 228 Å². The summed E-state index contributed by atoms with van der Waals surface area (Å²) in [6, 6.07) is 42.2. The Balaban J connectivity index is 1.48. The number of hydrogen-bond acceptors (Lipinski definition) is 3. The molecule has 0 aliphatic heterocycles. The predicted octanol–water partition coefficient (Wildman–Crippen LogP) is 8.35. The van der Waals surface area contributed by atoms with E-state index >= 15 is 0 Å². The molecule has 5 heterocycles. The molecule has 0 radical (unpaired) electrons. The van der Waals surface area contributed by atoms with Crippen molar-refractivity contribution in [1.82, 2.24) is 23.9 Å². The summed E-state index contributed by atoms with van der Waals surface area (Å²) in [5.74, 6) is 0.841. The molecule has 0 unspecified atom stereocenters. The number of hydrogen-bond donors (Lipinski definition) is 0. The second-order valence-corrected chi connectivity index (χ2v) is 10.1. The highest BCUT2D eigenvalue weighted by atomic mass is 15.1. The summed E-state index contributed by atoms with van der Waals surface area (Å²) in [6.45, 7) is 0. The first-order valence-electron chi connectivity index (χ1n) is 13.4. The van der Waals surface area contributed by atoms with Crippen LogP contribution in [0.15, 0.2) is 128 Å². The number of imidazole rings is 1. The lowest BCUT2D eigenvalue weighted by atomic mass is 10.1. The van der Waals surface area contributed by atoms with Gasteiger partial charge in [-0.1, -0.05) is 72.8 Å². The number of nitrogens with zero attached hydrogens (tertiary/aromatic N) is 5. The predicted molar refractivity (Wildman–Crippen MR) is 163 cm³/mol. The summed E-state index contributed by atoms with van der Waals surface area (Å²) in [7, 11) is 0. The van der Waals surface area contributed by atoms with Gasteiger partial charge in [0.15, 0.2) is 0 Å². The van der Waals surface area contributed by atoms with Gasteiger partial charge in [-0.25, -0.2) is 9.97 Å². The zero-order chi connectivity index (χ0) is 26.2. The highest BCUT2D eigenvalue weighted by Gasteiger charge is 2.21. The summed E-state index contributed by atoms with van der Waals surface area (Å²) in [5, 5.41) is 5.91. The van der Waals surface area contributed by atoms with Crippen LogP contribution in [0.4, 0.5) is 0 Å². The Bertz CT molecular complexity index is 2430. The van der Waals surface area contributed by atoms with Gasteiger partial charge in [-0.05, 0) is 53.9 Å². The molecule has 0 bridgehead atoms. The highest BCUT2D eigenvalue weighted by Crippen LogP contribution is 2.39. The van der Waals surface area contributed by atoms with Crippen molar-refractivity contribution in [1.29, 1.82) is 0 Å². The summed E-state index contributed by atoms with van der Waals surface area (Å²) in [6.07, 6.45) is 1.80. The van der Waals surface area contributed by atoms with Crippen LogP contribution in [0.3, 0.4) is 0 Å². The fourth-order valence-corrected chi connectivity index (χ4v) is 6.27. The second kappa shape index (κ2) is 7.98. The molecular weight excluding hydrogens is 490 g/mol. The standard InChI is InChI=1S/C35H21N5/c1-2-13-26-22(10-1)23-11-3-5-16-29(23)39-31-20-19-25-24-12-4-6-17-30(24)40(34(25)33(31)38-35(26)39)32-18-9-15-28(37-32)27-14-7-8-21-36-27/h1-21H. The van der Waals surface area contributed by atoms with Crippen LogP contribution in [0, 0.1) is 0 Å². The average Bonchev–Trinajstić information content (AvgIpc) is 3.59. The summed E-state index contributed by atoms with van der Waals surface area (Å²) >= 11 is 0. The van der Waals surface area contributed by atoms with Crippen LogP contribution >= 0.6 is 0 Å². The Morgan fingerprint density at radius 2 is 1.15 bits per heavy atom. The Morgan fingerprint density at radius 3 is 1.98 bits per heavy atom. The van der Waals surface area contributed by atoms with Crippen molar-refractivity contribution in [2.24, 2.45) is 0 Å². The maximum atomic E-state index is 5.39. The zero-order valence-electron chi connectivity index (χ0n) is 21.4. The Hall–Kier alpha value is -5.55. The van der Waals surface area contributed by atoms with Crippen LogP contribution in [0.2, 0.25) is 0 Å². The number of rotatable bonds is 2. The van der Waals surface area contributed by atoms with E-state index in [0.717, 1.165) is 61.2 Å². The molecule has 5 heteroatoms. The third-order valence-electron chi connectivity index (χ3n) is 7.95. The van der Waals surface area contributed by atoms with Gasteiger partial charge in [0.1, 0.15) is 17.0 Å². The molecule has 0 fully saturated rings. The molecule has 0 saturated heterocycles. The van der Waals surface area contributed by atoms with Gasteiger partial charge >= 0.3 is 0 Å². The normalized spacial score (nSPS) is 12.0. The van der Waals surface area contributed by atoms with Crippen LogP contribution in [0.25, 0.3) is 77.4 Å². The molecule has 0 atom stereocenters. The first kappa shape index (κ1) is 21.4. The minimum Gasteiger partial charge on any atom is -0.292 e. The molecule has 5 nitrogen and oxygen atoms in total. The van der Waals surface area contributed by atoms with E-state index in [1.165, 1.54) is 16.2 Å². The fourth-order valence-electron chi connectivity index (χ4n) is 6.27. The van der Waals surface area contributed by atoms with Gasteiger partial charge in [0.2, 0.25) is 0 Å².